The Bertz CT molecular complexity index is 671. The van der Waals surface area contributed by atoms with Crippen LogP contribution in [0.15, 0.2) is 12.2 Å². The lowest BCUT2D eigenvalue weighted by atomic mass is 9.44. The van der Waals surface area contributed by atoms with Crippen molar-refractivity contribution in [3.05, 3.63) is 12.2 Å². The monoisotopic (exact) mass is 362 g/mol. The fourth-order valence-corrected chi connectivity index (χ4v) is 7.35. The average Bonchev–Trinajstić information content (AvgIpc) is 2.86. The highest BCUT2D eigenvalue weighted by Gasteiger charge is 2.68. The minimum absolute atomic E-state index is 0.0512. The van der Waals surface area contributed by atoms with Gasteiger partial charge >= 0.3 is 0 Å². The Labute approximate surface area is 154 Å². The fourth-order valence-electron chi connectivity index (χ4n) is 7.35. The van der Waals surface area contributed by atoms with Crippen molar-refractivity contribution in [3.8, 4) is 0 Å². The molecule has 8 unspecified atom stereocenters. The van der Waals surface area contributed by atoms with Gasteiger partial charge < -0.3 is 15.3 Å². The molecule has 5 nitrogen and oxygen atoms in total. The molecule has 8 atom stereocenters. The maximum absolute atomic E-state index is 12.4. The van der Waals surface area contributed by atoms with Crippen molar-refractivity contribution >= 4 is 11.6 Å². The summed E-state index contributed by atoms with van der Waals surface area (Å²) in [6, 6.07) is 0. The molecule has 0 aromatic carbocycles. The van der Waals surface area contributed by atoms with Crippen molar-refractivity contribution in [2.45, 2.75) is 64.1 Å². The highest BCUT2D eigenvalue weighted by Crippen LogP contribution is 2.67. The normalized spacial score (nSPS) is 53.0. The quantitative estimate of drug-likeness (QED) is 0.694. The molecule has 4 aliphatic rings. The molecular formula is C21H30O5. The molecular weight excluding hydrogens is 332 g/mol. The Morgan fingerprint density at radius 3 is 2.69 bits per heavy atom. The Kier molecular flexibility index (Phi) is 4.04. The van der Waals surface area contributed by atoms with Crippen LogP contribution >= 0.6 is 0 Å². The Morgan fingerprint density at radius 2 is 2.00 bits per heavy atom. The lowest BCUT2D eigenvalue weighted by Gasteiger charge is -2.61. The van der Waals surface area contributed by atoms with E-state index >= 15 is 0 Å². The van der Waals surface area contributed by atoms with Gasteiger partial charge in [0.05, 0.1) is 6.10 Å². The number of hydrogen-bond donors (Lipinski definition) is 3. The zero-order valence-electron chi connectivity index (χ0n) is 15.6. The van der Waals surface area contributed by atoms with Crippen molar-refractivity contribution in [1.82, 2.24) is 0 Å². The first-order chi connectivity index (χ1) is 12.2. The van der Waals surface area contributed by atoms with Crippen molar-refractivity contribution < 1.29 is 24.9 Å². The maximum Gasteiger partial charge on any atom is 0.190 e. The third-order valence-corrected chi connectivity index (χ3v) is 8.73. The second-order valence-electron chi connectivity index (χ2n) is 9.61. The first-order valence-electron chi connectivity index (χ1n) is 9.94. The SMILES string of the molecule is CC12C=CC(=O)CC1CCC1C2C(O)CC2(C)C1CCC2(O)C(=O)CO. The first-order valence-corrected chi connectivity index (χ1v) is 9.94. The van der Waals surface area contributed by atoms with E-state index in [1.807, 2.05) is 13.0 Å². The number of allylic oxidation sites excluding steroid dienone is 2. The van der Waals surface area contributed by atoms with Gasteiger partial charge in [0, 0.05) is 11.8 Å². The van der Waals surface area contributed by atoms with E-state index in [2.05, 4.69) is 6.92 Å². The highest BCUT2D eigenvalue weighted by atomic mass is 16.3. The number of fused-ring (bicyclic) bond motifs is 5. The molecule has 0 aliphatic heterocycles. The molecule has 3 saturated carbocycles. The van der Waals surface area contributed by atoms with E-state index in [0.29, 0.717) is 19.3 Å². The molecule has 4 rings (SSSR count). The van der Waals surface area contributed by atoms with Gasteiger partial charge in [-0.1, -0.05) is 19.9 Å². The summed E-state index contributed by atoms with van der Waals surface area (Å²) in [6.45, 7) is 3.43. The van der Waals surface area contributed by atoms with Crippen LogP contribution in [0, 0.1) is 34.5 Å². The molecule has 26 heavy (non-hydrogen) atoms. The van der Waals surface area contributed by atoms with Gasteiger partial charge in [-0.2, -0.15) is 0 Å². The van der Waals surface area contributed by atoms with Gasteiger partial charge in [0.15, 0.2) is 11.6 Å². The van der Waals surface area contributed by atoms with Gasteiger partial charge in [0.1, 0.15) is 12.2 Å². The molecule has 144 valence electrons. The van der Waals surface area contributed by atoms with Crippen LogP contribution in [-0.4, -0.2) is 45.2 Å². The number of ketones is 2. The molecule has 0 amide bonds. The topological polar surface area (TPSA) is 94.8 Å². The first kappa shape index (κ1) is 18.3. The van der Waals surface area contributed by atoms with Crippen LogP contribution in [-0.2, 0) is 9.59 Å². The summed E-state index contributed by atoms with van der Waals surface area (Å²) in [6.07, 6.45) is 6.97. The lowest BCUT2D eigenvalue weighted by Crippen LogP contribution is -2.62. The average molecular weight is 362 g/mol. The summed E-state index contributed by atoms with van der Waals surface area (Å²) in [5.74, 6) is 0.347. The molecule has 0 saturated heterocycles. The van der Waals surface area contributed by atoms with Crippen LogP contribution in [0.4, 0.5) is 0 Å². The number of carbonyl (C=O) groups is 2. The third-order valence-electron chi connectivity index (χ3n) is 8.73. The highest BCUT2D eigenvalue weighted by molar-refractivity contribution is 5.91. The number of aliphatic hydroxyl groups is 3. The number of Topliss-reactive ketones (excluding diaryl/α,β-unsaturated/α-hetero) is 1. The Hall–Kier alpha value is -1.04. The van der Waals surface area contributed by atoms with Crippen molar-refractivity contribution in [2.75, 3.05) is 6.61 Å². The van der Waals surface area contributed by atoms with Gasteiger partial charge in [-0.3, -0.25) is 9.59 Å². The largest absolute Gasteiger partial charge is 0.393 e. The van der Waals surface area contributed by atoms with Crippen molar-refractivity contribution in [1.29, 1.82) is 0 Å². The van der Waals surface area contributed by atoms with Crippen LogP contribution in [0.25, 0.3) is 0 Å². The summed E-state index contributed by atoms with van der Waals surface area (Å²) in [7, 11) is 0. The van der Waals surface area contributed by atoms with E-state index < -0.39 is 29.5 Å². The Morgan fingerprint density at radius 1 is 1.27 bits per heavy atom. The number of hydrogen-bond acceptors (Lipinski definition) is 5. The molecule has 0 radical (unpaired) electrons. The van der Waals surface area contributed by atoms with Crippen LogP contribution in [0.5, 0.6) is 0 Å². The predicted octanol–water partition coefficient (Wildman–Crippen LogP) is 1.64. The molecule has 3 fully saturated rings. The van der Waals surface area contributed by atoms with Crippen LogP contribution in [0.2, 0.25) is 0 Å². The van der Waals surface area contributed by atoms with Crippen molar-refractivity contribution in [3.63, 3.8) is 0 Å². The summed E-state index contributed by atoms with van der Waals surface area (Å²) >= 11 is 0. The summed E-state index contributed by atoms with van der Waals surface area (Å²) in [5, 5.41) is 31.7. The second-order valence-corrected chi connectivity index (χ2v) is 9.61. The van der Waals surface area contributed by atoms with E-state index in [9.17, 15) is 24.9 Å². The van der Waals surface area contributed by atoms with E-state index in [-0.39, 0.29) is 34.9 Å². The zero-order chi connectivity index (χ0) is 18.9. The number of carbonyl (C=O) groups excluding carboxylic acids is 2. The van der Waals surface area contributed by atoms with Gasteiger partial charge in [-0.15, -0.1) is 0 Å². The van der Waals surface area contributed by atoms with Crippen molar-refractivity contribution in [2.24, 2.45) is 34.5 Å². The van der Waals surface area contributed by atoms with E-state index in [1.54, 1.807) is 6.08 Å². The standard InChI is InChI=1S/C21H30O5/c1-19-7-5-13(23)9-12(19)3-4-14-15-6-8-21(26,17(25)11-22)20(15,2)10-16(24)18(14)19/h5,7,12,14-16,18,22,24,26H,3-4,6,8-11H2,1-2H3. The Balaban J connectivity index is 1.73. The number of rotatable bonds is 2. The lowest BCUT2D eigenvalue weighted by molar-refractivity contribution is -0.188. The van der Waals surface area contributed by atoms with Gasteiger partial charge in [0.25, 0.3) is 0 Å². The molecule has 5 heteroatoms. The summed E-state index contributed by atoms with van der Waals surface area (Å²) in [4.78, 5) is 24.2. The molecule has 4 aliphatic carbocycles. The molecule has 0 bridgehead atoms. The minimum atomic E-state index is -1.55. The summed E-state index contributed by atoms with van der Waals surface area (Å²) in [5.41, 5.74) is -2.46. The van der Waals surface area contributed by atoms with E-state index in [4.69, 9.17) is 0 Å². The number of aliphatic hydroxyl groups excluding tert-OH is 2. The van der Waals surface area contributed by atoms with Gasteiger partial charge in [-0.25, -0.2) is 0 Å². The minimum Gasteiger partial charge on any atom is -0.393 e. The fraction of sp³-hybridized carbons (Fsp3) is 0.810. The second kappa shape index (κ2) is 5.73. The molecule has 0 heterocycles. The van der Waals surface area contributed by atoms with E-state index in [0.717, 1.165) is 19.3 Å². The molecule has 0 aromatic heterocycles. The smallest absolute Gasteiger partial charge is 0.190 e. The molecule has 0 spiro atoms. The van der Waals surface area contributed by atoms with Crippen LogP contribution in [0.3, 0.4) is 0 Å². The van der Waals surface area contributed by atoms with Gasteiger partial charge in [0.2, 0.25) is 0 Å². The van der Waals surface area contributed by atoms with Crippen LogP contribution < -0.4 is 0 Å². The summed E-state index contributed by atoms with van der Waals surface area (Å²) < 4.78 is 0. The molecule has 3 N–H and O–H groups in total. The third kappa shape index (κ3) is 2.14. The van der Waals surface area contributed by atoms with E-state index in [1.165, 1.54) is 0 Å². The maximum atomic E-state index is 12.4. The van der Waals surface area contributed by atoms with Gasteiger partial charge in [-0.05, 0) is 67.3 Å². The molecule has 0 aromatic rings. The predicted molar refractivity (Wildman–Crippen MR) is 95.1 cm³/mol. The zero-order valence-corrected chi connectivity index (χ0v) is 15.6. The van der Waals surface area contributed by atoms with Crippen LogP contribution in [0.1, 0.15) is 52.4 Å².